The zero-order chi connectivity index (χ0) is 13.4. The van der Waals surface area contributed by atoms with Crippen molar-refractivity contribution in [2.24, 2.45) is 0 Å². The molecule has 2 aromatic rings. The molecule has 2 heterocycles. The molecule has 1 aromatic heterocycles. The summed E-state index contributed by atoms with van der Waals surface area (Å²) in [7, 11) is 0. The zero-order valence-corrected chi connectivity index (χ0v) is 14.9. The number of halogens is 2. The third-order valence-electron chi connectivity index (χ3n) is 3.17. The van der Waals surface area contributed by atoms with Crippen molar-refractivity contribution in [3.8, 4) is 0 Å². The third kappa shape index (κ3) is 3.06. The Kier molecular flexibility index (Phi) is 4.31. The molecule has 0 fully saturated rings. The Morgan fingerprint density at radius 1 is 1.37 bits per heavy atom. The molecule has 1 aromatic carbocycles. The Bertz CT molecular complexity index is 599. The summed E-state index contributed by atoms with van der Waals surface area (Å²) in [5.74, 6) is 0. The van der Waals surface area contributed by atoms with Crippen LogP contribution in [0, 0.1) is 3.57 Å². The molecule has 1 aliphatic rings. The lowest BCUT2D eigenvalue weighted by atomic mass is 10.0. The number of fused-ring (bicyclic) bond motifs is 1. The Morgan fingerprint density at radius 2 is 2.21 bits per heavy atom. The fourth-order valence-electron chi connectivity index (χ4n) is 2.28. The van der Waals surface area contributed by atoms with Gasteiger partial charge in [-0.2, -0.15) is 0 Å². The van der Waals surface area contributed by atoms with Crippen LogP contribution in [-0.2, 0) is 0 Å². The lowest BCUT2D eigenvalue weighted by Gasteiger charge is -2.28. The van der Waals surface area contributed by atoms with Crippen molar-refractivity contribution < 1.29 is 0 Å². The van der Waals surface area contributed by atoms with Gasteiger partial charge < -0.3 is 5.32 Å². The summed E-state index contributed by atoms with van der Waals surface area (Å²) in [5.41, 5.74) is 2.62. The highest BCUT2D eigenvalue weighted by molar-refractivity contribution is 14.1. The highest BCUT2D eigenvalue weighted by atomic mass is 127. The topological polar surface area (TPSA) is 12.0 Å². The van der Waals surface area contributed by atoms with Crippen LogP contribution in [0.3, 0.4) is 0 Å². The Hall–Kier alpha value is 0.0900. The fraction of sp³-hybridized carbons (Fsp3) is 0.286. The van der Waals surface area contributed by atoms with Crippen LogP contribution in [0.4, 0.5) is 5.69 Å². The van der Waals surface area contributed by atoms with Gasteiger partial charge in [0.1, 0.15) is 0 Å². The molecule has 1 N–H and O–H groups in total. The maximum Gasteiger partial charge on any atom is 0.0653 e. The molecule has 0 spiro atoms. The van der Waals surface area contributed by atoms with Gasteiger partial charge in [-0.1, -0.05) is 18.5 Å². The van der Waals surface area contributed by atoms with E-state index in [1.165, 1.54) is 19.0 Å². The number of thiophene rings is 1. The molecule has 0 saturated carbocycles. The normalized spacial score (nSPS) is 22.1. The lowest BCUT2D eigenvalue weighted by molar-refractivity contribution is 0.669. The SMILES string of the molecule is C[C@H]1CC(Nc2ccc(Cl)cc2I)c2ccsc2S1. The van der Waals surface area contributed by atoms with Gasteiger partial charge in [0, 0.05) is 19.5 Å². The molecule has 0 aliphatic carbocycles. The van der Waals surface area contributed by atoms with Crippen molar-refractivity contribution in [3.63, 3.8) is 0 Å². The van der Waals surface area contributed by atoms with Crippen LogP contribution in [0.5, 0.6) is 0 Å². The standard InChI is InChI=1S/C14H13ClINS2/c1-8-6-13(10-4-5-18-14(10)19-8)17-12-3-2-9(15)7-11(12)16/h2-5,7-8,13,17H,6H2,1H3/t8-,13?/m0/s1. The van der Waals surface area contributed by atoms with Gasteiger partial charge in [-0.15, -0.1) is 23.1 Å². The summed E-state index contributed by atoms with van der Waals surface area (Å²) in [6, 6.07) is 8.68. The largest absolute Gasteiger partial charge is 0.377 e. The summed E-state index contributed by atoms with van der Waals surface area (Å²) in [6.07, 6.45) is 1.16. The molecule has 3 rings (SSSR count). The number of rotatable bonds is 2. The Balaban J connectivity index is 1.88. The summed E-state index contributed by atoms with van der Waals surface area (Å²) in [5, 5.41) is 7.32. The number of anilines is 1. The number of benzene rings is 1. The lowest BCUT2D eigenvalue weighted by Crippen LogP contribution is -2.19. The quantitative estimate of drug-likeness (QED) is 0.593. The van der Waals surface area contributed by atoms with E-state index in [0.29, 0.717) is 11.3 Å². The van der Waals surface area contributed by atoms with Crippen molar-refractivity contribution in [3.05, 3.63) is 43.8 Å². The summed E-state index contributed by atoms with van der Waals surface area (Å²) >= 11 is 12.2. The average molecular weight is 422 g/mol. The first kappa shape index (κ1) is 14.0. The van der Waals surface area contributed by atoms with E-state index in [1.807, 2.05) is 35.2 Å². The molecule has 1 unspecified atom stereocenters. The first-order valence-corrected chi connectivity index (χ1v) is 9.30. The van der Waals surface area contributed by atoms with Gasteiger partial charge in [0.25, 0.3) is 0 Å². The van der Waals surface area contributed by atoms with Crippen LogP contribution in [0.2, 0.25) is 5.02 Å². The van der Waals surface area contributed by atoms with Crippen molar-refractivity contribution in [1.82, 2.24) is 0 Å². The zero-order valence-electron chi connectivity index (χ0n) is 10.3. The maximum atomic E-state index is 6.01. The predicted molar refractivity (Wildman–Crippen MR) is 94.8 cm³/mol. The molecule has 100 valence electrons. The Labute approximate surface area is 140 Å². The third-order valence-corrected chi connectivity index (χ3v) is 6.64. The van der Waals surface area contributed by atoms with E-state index in [0.717, 1.165) is 11.4 Å². The minimum atomic E-state index is 0.409. The maximum absolute atomic E-state index is 6.01. The van der Waals surface area contributed by atoms with Crippen LogP contribution in [0.25, 0.3) is 0 Å². The van der Waals surface area contributed by atoms with Crippen LogP contribution < -0.4 is 5.32 Å². The number of hydrogen-bond acceptors (Lipinski definition) is 3. The Morgan fingerprint density at radius 3 is 3.00 bits per heavy atom. The van der Waals surface area contributed by atoms with E-state index in [4.69, 9.17) is 11.6 Å². The van der Waals surface area contributed by atoms with Crippen molar-refractivity contribution in [1.29, 1.82) is 0 Å². The van der Waals surface area contributed by atoms with E-state index < -0.39 is 0 Å². The molecule has 1 aliphatic heterocycles. The highest BCUT2D eigenvalue weighted by Crippen LogP contribution is 2.45. The van der Waals surface area contributed by atoms with E-state index >= 15 is 0 Å². The molecular weight excluding hydrogens is 409 g/mol. The van der Waals surface area contributed by atoms with E-state index in [1.54, 1.807) is 0 Å². The molecule has 1 nitrogen and oxygen atoms in total. The second-order valence-corrected chi connectivity index (χ2v) is 8.87. The molecule has 0 saturated heterocycles. The van der Waals surface area contributed by atoms with Gasteiger partial charge in [-0.3, -0.25) is 0 Å². The molecule has 0 radical (unpaired) electrons. The van der Waals surface area contributed by atoms with Crippen molar-refractivity contribution in [2.45, 2.75) is 28.8 Å². The van der Waals surface area contributed by atoms with Crippen LogP contribution in [0.1, 0.15) is 24.9 Å². The van der Waals surface area contributed by atoms with Crippen LogP contribution in [-0.4, -0.2) is 5.25 Å². The van der Waals surface area contributed by atoms with Gasteiger partial charge in [0.2, 0.25) is 0 Å². The van der Waals surface area contributed by atoms with Crippen molar-refractivity contribution in [2.75, 3.05) is 5.32 Å². The second-order valence-electron chi connectivity index (χ2n) is 4.65. The number of hydrogen-bond donors (Lipinski definition) is 1. The monoisotopic (exact) mass is 421 g/mol. The average Bonchev–Trinajstić information content (AvgIpc) is 2.80. The minimum Gasteiger partial charge on any atom is -0.377 e. The van der Waals surface area contributed by atoms with Crippen LogP contribution in [0.15, 0.2) is 33.9 Å². The van der Waals surface area contributed by atoms with E-state index in [9.17, 15) is 0 Å². The fourth-order valence-corrected chi connectivity index (χ4v) is 5.87. The first-order chi connectivity index (χ1) is 9.13. The summed E-state index contributed by atoms with van der Waals surface area (Å²) in [4.78, 5) is 0. The molecular formula is C14H13ClINS2. The summed E-state index contributed by atoms with van der Waals surface area (Å²) in [6.45, 7) is 2.30. The van der Waals surface area contributed by atoms with Gasteiger partial charge in [0.15, 0.2) is 0 Å². The van der Waals surface area contributed by atoms with Gasteiger partial charge in [0.05, 0.1) is 10.3 Å². The predicted octanol–water partition coefficient (Wildman–Crippen LogP) is 6.04. The van der Waals surface area contributed by atoms with Gasteiger partial charge in [-0.25, -0.2) is 0 Å². The molecule has 5 heteroatoms. The number of thioether (sulfide) groups is 1. The smallest absolute Gasteiger partial charge is 0.0653 e. The van der Waals surface area contributed by atoms with Crippen LogP contribution >= 0.6 is 57.3 Å². The van der Waals surface area contributed by atoms with Gasteiger partial charge in [-0.05, 0) is 64.2 Å². The van der Waals surface area contributed by atoms with E-state index in [2.05, 4.69) is 52.3 Å². The summed E-state index contributed by atoms with van der Waals surface area (Å²) < 4.78 is 2.63. The molecule has 0 amide bonds. The molecule has 19 heavy (non-hydrogen) atoms. The molecule has 2 atom stereocenters. The van der Waals surface area contributed by atoms with E-state index in [-0.39, 0.29) is 0 Å². The molecule has 0 bridgehead atoms. The second kappa shape index (κ2) is 5.84. The first-order valence-electron chi connectivity index (χ1n) is 6.09. The minimum absolute atomic E-state index is 0.409. The van der Waals surface area contributed by atoms with Crippen molar-refractivity contribution >= 4 is 63.0 Å². The van der Waals surface area contributed by atoms with Gasteiger partial charge >= 0.3 is 0 Å². The number of nitrogens with one attached hydrogen (secondary N) is 1. The highest BCUT2D eigenvalue weighted by Gasteiger charge is 2.26.